The molecule has 1 atom stereocenters. The Bertz CT molecular complexity index is 365. The molecule has 24 heavy (non-hydrogen) atoms. The lowest BCUT2D eigenvalue weighted by Crippen LogP contribution is -2.24. The summed E-state index contributed by atoms with van der Waals surface area (Å²) in [4.78, 5) is 23.7. The highest BCUT2D eigenvalue weighted by atomic mass is 16.2. The molecule has 1 unspecified atom stereocenters. The maximum absolute atomic E-state index is 12.2. The number of unbranched alkanes of at least 4 members (excludes halogenated alkanes) is 10. The first-order chi connectivity index (χ1) is 11.7. The maximum atomic E-state index is 12.2. The molecule has 1 amide bonds. The molecule has 0 aliphatic carbocycles. The van der Waals surface area contributed by atoms with Crippen molar-refractivity contribution >= 4 is 11.7 Å². The summed E-state index contributed by atoms with van der Waals surface area (Å²) in [7, 11) is 0. The Morgan fingerprint density at radius 2 is 1.58 bits per heavy atom. The number of hydrogen-bond acceptors (Lipinski definition) is 2. The van der Waals surface area contributed by atoms with Crippen LogP contribution in [-0.4, -0.2) is 18.2 Å². The predicted molar refractivity (Wildman–Crippen MR) is 101 cm³/mol. The van der Waals surface area contributed by atoms with Crippen molar-refractivity contribution < 1.29 is 9.59 Å². The molecule has 3 heteroatoms. The van der Waals surface area contributed by atoms with Crippen molar-refractivity contribution in [3.63, 3.8) is 0 Å². The van der Waals surface area contributed by atoms with Gasteiger partial charge in [0.05, 0.1) is 0 Å². The first kappa shape index (κ1) is 20.9. The zero-order valence-electron chi connectivity index (χ0n) is 15.5. The molecule has 0 aromatic heterocycles. The van der Waals surface area contributed by atoms with Gasteiger partial charge in [0.25, 0.3) is 0 Å². The maximum Gasteiger partial charge on any atom is 0.220 e. The second kappa shape index (κ2) is 14.2. The predicted octanol–water partition coefficient (Wildman–Crippen LogP) is 5.34. The van der Waals surface area contributed by atoms with Crippen molar-refractivity contribution in [1.29, 1.82) is 0 Å². The molecule has 3 nitrogen and oxygen atoms in total. The van der Waals surface area contributed by atoms with Crippen molar-refractivity contribution in [2.45, 2.75) is 96.3 Å². The second-order valence-electron chi connectivity index (χ2n) is 7.22. The van der Waals surface area contributed by atoms with Crippen LogP contribution >= 0.6 is 0 Å². The monoisotopic (exact) mass is 335 g/mol. The summed E-state index contributed by atoms with van der Waals surface area (Å²) in [6, 6.07) is 0. The number of ketones is 1. The number of rotatable bonds is 14. The van der Waals surface area contributed by atoms with Crippen molar-refractivity contribution in [2.75, 3.05) is 6.54 Å². The lowest BCUT2D eigenvalue weighted by atomic mass is 9.92. The lowest BCUT2D eigenvalue weighted by molar-refractivity contribution is -0.128. The SMILES string of the molecule is C=CCCCCCCCCCCCCC(=O)C1CCCNC(=O)C1. The molecule has 0 saturated carbocycles. The molecule has 138 valence electrons. The van der Waals surface area contributed by atoms with Crippen LogP contribution in [0.5, 0.6) is 0 Å². The molecule has 0 aromatic rings. The second-order valence-corrected chi connectivity index (χ2v) is 7.22. The van der Waals surface area contributed by atoms with Crippen molar-refractivity contribution in [3.8, 4) is 0 Å². The van der Waals surface area contributed by atoms with Crippen LogP contribution in [0.25, 0.3) is 0 Å². The average molecular weight is 336 g/mol. The molecule has 1 aliphatic heterocycles. The molecule has 1 heterocycles. The Balaban J connectivity index is 1.90. The number of carbonyl (C=O) groups excluding carboxylic acids is 2. The zero-order valence-corrected chi connectivity index (χ0v) is 15.5. The van der Waals surface area contributed by atoms with Crippen LogP contribution in [-0.2, 0) is 9.59 Å². The normalized spacial score (nSPS) is 18.0. The molecule has 1 N–H and O–H groups in total. The number of nitrogens with one attached hydrogen (secondary N) is 1. The van der Waals surface area contributed by atoms with E-state index in [9.17, 15) is 9.59 Å². The number of hydrogen-bond donors (Lipinski definition) is 1. The lowest BCUT2D eigenvalue weighted by Gasteiger charge is -2.11. The van der Waals surface area contributed by atoms with Gasteiger partial charge in [-0.1, -0.05) is 57.4 Å². The van der Waals surface area contributed by atoms with E-state index < -0.39 is 0 Å². The molecule has 1 saturated heterocycles. The van der Waals surface area contributed by atoms with Gasteiger partial charge in [0, 0.05) is 25.3 Å². The molecule has 0 aromatic carbocycles. The van der Waals surface area contributed by atoms with Gasteiger partial charge in [-0.05, 0) is 32.1 Å². The summed E-state index contributed by atoms with van der Waals surface area (Å²) in [6.45, 7) is 4.48. The van der Waals surface area contributed by atoms with Crippen LogP contribution in [0.1, 0.15) is 96.3 Å². The fourth-order valence-electron chi connectivity index (χ4n) is 3.46. The van der Waals surface area contributed by atoms with E-state index in [0.29, 0.717) is 18.6 Å². The largest absolute Gasteiger partial charge is 0.356 e. The third kappa shape index (κ3) is 10.6. The highest BCUT2D eigenvalue weighted by Crippen LogP contribution is 2.19. The van der Waals surface area contributed by atoms with Crippen molar-refractivity contribution in [2.24, 2.45) is 5.92 Å². The molecular weight excluding hydrogens is 298 g/mol. The number of carbonyl (C=O) groups is 2. The van der Waals surface area contributed by atoms with Gasteiger partial charge in [-0.2, -0.15) is 0 Å². The van der Waals surface area contributed by atoms with Crippen LogP contribution in [0.4, 0.5) is 0 Å². The van der Waals surface area contributed by atoms with E-state index in [2.05, 4.69) is 11.9 Å². The van der Waals surface area contributed by atoms with Crippen LogP contribution < -0.4 is 5.32 Å². The topological polar surface area (TPSA) is 46.2 Å². The Hall–Kier alpha value is -1.12. The van der Waals surface area contributed by atoms with E-state index >= 15 is 0 Å². The first-order valence-electron chi connectivity index (χ1n) is 10.1. The molecular formula is C21H37NO2. The van der Waals surface area contributed by atoms with E-state index in [1.165, 1.54) is 51.4 Å². The summed E-state index contributed by atoms with van der Waals surface area (Å²) >= 11 is 0. The van der Waals surface area contributed by atoms with Gasteiger partial charge >= 0.3 is 0 Å². The Morgan fingerprint density at radius 3 is 2.21 bits per heavy atom. The summed E-state index contributed by atoms with van der Waals surface area (Å²) in [5, 5.41) is 2.85. The van der Waals surface area contributed by atoms with Crippen LogP contribution in [0.3, 0.4) is 0 Å². The van der Waals surface area contributed by atoms with Gasteiger partial charge in [0.2, 0.25) is 5.91 Å². The highest BCUT2D eigenvalue weighted by Gasteiger charge is 2.23. The quantitative estimate of drug-likeness (QED) is 0.344. The Morgan fingerprint density at radius 1 is 1.00 bits per heavy atom. The van der Waals surface area contributed by atoms with Gasteiger partial charge in [0.15, 0.2) is 0 Å². The van der Waals surface area contributed by atoms with E-state index in [1.807, 2.05) is 6.08 Å². The van der Waals surface area contributed by atoms with E-state index in [1.54, 1.807) is 0 Å². The molecule has 1 rings (SSSR count). The number of amides is 1. The van der Waals surface area contributed by atoms with Gasteiger partial charge in [-0.15, -0.1) is 6.58 Å². The van der Waals surface area contributed by atoms with E-state index in [0.717, 1.165) is 38.6 Å². The number of Topliss-reactive ketones (excluding diaryl/α,β-unsaturated/α-hetero) is 1. The third-order valence-corrected chi connectivity index (χ3v) is 5.02. The van der Waals surface area contributed by atoms with E-state index in [4.69, 9.17) is 0 Å². The molecule has 0 spiro atoms. The average Bonchev–Trinajstić information content (AvgIpc) is 2.80. The van der Waals surface area contributed by atoms with Gasteiger partial charge in [-0.3, -0.25) is 9.59 Å². The number of allylic oxidation sites excluding steroid dienone is 1. The highest BCUT2D eigenvalue weighted by molar-refractivity contribution is 5.87. The minimum absolute atomic E-state index is 0.0198. The fourth-order valence-corrected chi connectivity index (χ4v) is 3.46. The Kier molecular flexibility index (Phi) is 12.4. The summed E-state index contributed by atoms with van der Waals surface area (Å²) in [5.41, 5.74) is 0. The molecule has 1 fully saturated rings. The fraction of sp³-hybridized carbons (Fsp3) is 0.810. The van der Waals surface area contributed by atoms with Crippen molar-refractivity contribution in [1.82, 2.24) is 5.32 Å². The van der Waals surface area contributed by atoms with Crippen LogP contribution in [0, 0.1) is 5.92 Å². The van der Waals surface area contributed by atoms with Crippen LogP contribution in [0.2, 0.25) is 0 Å². The standard InChI is InChI=1S/C21H37NO2/c1-2-3-4-5-6-7-8-9-10-11-12-13-16-20(23)19-15-14-17-22-21(24)18-19/h2,19H,1,3-18H2,(H,22,24). The van der Waals surface area contributed by atoms with Gasteiger partial charge < -0.3 is 5.32 Å². The van der Waals surface area contributed by atoms with Crippen LogP contribution in [0.15, 0.2) is 12.7 Å². The minimum Gasteiger partial charge on any atom is -0.356 e. The smallest absolute Gasteiger partial charge is 0.220 e. The zero-order chi connectivity index (χ0) is 17.5. The molecule has 0 radical (unpaired) electrons. The van der Waals surface area contributed by atoms with Crippen molar-refractivity contribution in [3.05, 3.63) is 12.7 Å². The van der Waals surface area contributed by atoms with E-state index in [-0.39, 0.29) is 11.8 Å². The molecule has 0 bridgehead atoms. The Labute approximate surface area is 148 Å². The minimum atomic E-state index is -0.0198. The summed E-state index contributed by atoms with van der Waals surface area (Å²) in [5.74, 6) is 0.343. The van der Waals surface area contributed by atoms with Gasteiger partial charge in [0.1, 0.15) is 5.78 Å². The van der Waals surface area contributed by atoms with Gasteiger partial charge in [-0.25, -0.2) is 0 Å². The molecule has 1 aliphatic rings. The first-order valence-corrected chi connectivity index (χ1v) is 10.1. The third-order valence-electron chi connectivity index (χ3n) is 5.02. The summed E-state index contributed by atoms with van der Waals surface area (Å²) < 4.78 is 0. The summed E-state index contributed by atoms with van der Waals surface area (Å²) in [6.07, 6.45) is 18.8.